The van der Waals surface area contributed by atoms with Crippen LogP contribution in [0.2, 0.25) is 0 Å². The van der Waals surface area contributed by atoms with Crippen molar-refractivity contribution in [3.05, 3.63) is 54.1 Å². The number of methoxy groups -OCH3 is 1. The first-order valence-corrected chi connectivity index (χ1v) is 13.0. The molecule has 3 rings (SSSR count). The third-order valence-electron chi connectivity index (χ3n) is 5.24. The number of nitrogens with one attached hydrogen (secondary N) is 1. The summed E-state index contributed by atoms with van der Waals surface area (Å²) in [6.45, 7) is 1.85. The van der Waals surface area contributed by atoms with E-state index >= 15 is 0 Å². The Balaban J connectivity index is 1.61. The van der Waals surface area contributed by atoms with Crippen molar-refractivity contribution in [2.24, 2.45) is 0 Å². The number of piperazine rings is 1. The summed E-state index contributed by atoms with van der Waals surface area (Å²) in [4.78, 5) is 14.3. The summed E-state index contributed by atoms with van der Waals surface area (Å²) in [5.74, 6) is 0.0643. The highest BCUT2D eigenvalue weighted by Gasteiger charge is 2.32. The first-order chi connectivity index (χ1) is 15.6. The number of sulfonamides is 2. The zero-order valence-corrected chi connectivity index (χ0v) is 19.8. The van der Waals surface area contributed by atoms with E-state index in [9.17, 15) is 21.6 Å². The molecule has 0 bridgehead atoms. The van der Waals surface area contributed by atoms with Crippen LogP contribution >= 0.6 is 0 Å². The summed E-state index contributed by atoms with van der Waals surface area (Å²) in [6.07, 6.45) is 0. The second-order valence-corrected chi connectivity index (χ2v) is 11.0. The van der Waals surface area contributed by atoms with E-state index in [-0.39, 0.29) is 36.0 Å². The molecule has 2 aromatic rings. The molecule has 1 N–H and O–H groups in total. The van der Waals surface area contributed by atoms with Crippen LogP contribution < -0.4 is 9.46 Å². The van der Waals surface area contributed by atoms with Crippen LogP contribution in [-0.2, 0) is 24.8 Å². The fourth-order valence-electron chi connectivity index (χ4n) is 3.38. The largest absolute Gasteiger partial charge is 0.497 e. The van der Waals surface area contributed by atoms with Crippen molar-refractivity contribution in [3.63, 3.8) is 0 Å². The number of rotatable bonds is 7. The lowest BCUT2D eigenvalue weighted by atomic mass is 10.2. The summed E-state index contributed by atoms with van der Waals surface area (Å²) in [7, 11) is -6.22. The van der Waals surface area contributed by atoms with Crippen molar-refractivity contribution < 1.29 is 26.4 Å². The molecule has 0 radical (unpaired) electrons. The van der Waals surface area contributed by atoms with E-state index in [1.165, 1.54) is 71.8 Å². The highest BCUT2D eigenvalue weighted by molar-refractivity contribution is 7.89. The fraction of sp³-hybridized carbons (Fsp3) is 0.333. The highest BCUT2D eigenvalue weighted by atomic mass is 32.2. The normalized spacial score (nSPS) is 16.1. The number of benzene rings is 2. The van der Waals surface area contributed by atoms with E-state index in [1.54, 1.807) is 0 Å². The fourth-order valence-corrected chi connectivity index (χ4v) is 6.00. The number of ether oxygens (including phenoxy) is 1. The molecule has 33 heavy (non-hydrogen) atoms. The maximum absolute atomic E-state index is 12.8. The van der Waals surface area contributed by atoms with Crippen LogP contribution in [0.1, 0.15) is 12.5 Å². The predicted octanol–water partition coefficient (Wildman–Crippen LogP) is 0.767. The van der Waals surface area contributed by atoms with E-state index in [2.05, 4.69) is 4.72 Å². The minimum Gasteiger partial charge on any atom is -0.497 e. The summed E-state index contributed by atoms with van der Waals surface area (Å²) < 4.78 is 59.5. The Bertz CT molecular complexity index is 1250. The molecule has 1 amide bonds. The van der Waals surface area contributed by atoms with E-state index in [0.29, 0.717) is 11.3 Å². The average Bonchev–Trinajstić information content (AvgIpc) is 2.83. The molecule has 1 heterocycles. The molecule has 0 unspecified atom stereocenters. The Labute approximate surface area is 193 Å². The molecule has 0 aromatic heterocycles. The van der Waals surface area contributed by atoms with Crippen LogP contribution in [0.4, 0.5) is 0 Å². The SMILES string of the molecule is COc1ccc(S(=O)(=O)N[C@@H](C)C(=O)N2CCN(S(=O)(=O)c3ccc(C#N)cc3)CC2)cc1. The Morgan fingerprint density at radius 2 is 1.52 bits per heavy atom. The van der Waals surface area contributed by atoms with E-state index in [4.69, 9.17) is 10.00 Å². The first kappa shape index (κ1) is 24.7. The van der Waals surface area contributed by atoms with Gasteiger partial charge in [0.2, 0.25) is 26.0 Å². The van der Waals surface area contributed by atoms with Gasteiger partial charge in [0.15, 0.2) is 0 Å². The molecule has 12 heteroatoms. The highest BCUT2D eigenvalue weighted by Crippen LogP contribution is 2.19. The van der Waals surface area contributed by atoms with Gasteiger partial charge in [-0.1, -0.05) is 0 Å². The van der Waals surface area contributed by atoms with Gasteiger partial charge in [-0.2, -0.15) is 14.3 Å². The van der Waals surface area contributed by atoms with Gasteiger partial charge in [0.05, 0.1) is 34.6 Å². The van der Waals surface area contributed by atoms with Crippen molar-refractivity contribution in [1.29, 1.82) is 5.26 Å². The smallest absolute Gasteiger partial charge is 0.243 e. The number of hydrogen-bond donors (Lipinski definition) is 1. The summed E-state index contributed by atoms with van der Waals surface area (Å²) in [5.41, 5.74) is 0.357. The van der Waals surface area contributed by atoms with Crippen LogP contribution in [0.3, 0.4) is 0 Å². The van der Waals surface area contributed by atoms with Crippen molar-refractivity contribution in [2.45, 2.75) is 22.8 Å². The van der Waals surface area contributed by atoms with Crippen molar-refractivity contribution in [1.82, 2.24) is 13.9 Å². The van der Waals surface area contributed by atoms with Crippen LogP contribution in [0.15, 0.2) is 58.3 Å². The summed E-state index contributed by atoms with van der Waals surface area (Å²) in [5, 5.41) is 8.87. The standard InChI is InChI=1S/C21H24N4O6S2/c1-16(23-32(27,28)19-9-5-18(31-2)6-10-19)21(26)24-11-13-25(14-12-24)33(29,30)20-7-3-17(15-22)4-8-20/h3-10,16,23H,11-14H2,1-2H3/t16-/m0/s1. The zero-order chi connectivity index (χ0) is 24.2. The minimum absolute atomic E-state index is 0.00118. The molecule has 176 valence electrons. The maximum atomic E-state index is 12.8. The molecule has 0 saturated carbocycles. The van der Waals surface area contributed by atoms with Crippen LogP contribution in [-0.4, -0.2) is 71.3 Å². The number of amides is 1. The van der Waals surface area contributed by atoms with E-state index in [1.807, 2.05) is 6.07 Å². The van der Waals surface area contributed by atoms with Crippen LogP contribution in [0.25, 0.3) is 0 Å². The third-order valence-corrected chi connectivity index (χ3v) is 8.71. The Hall–Kier alpha value is -2.98. The monoisotopic (exact) mass is 492 g/mol. The molecule has 0 spiro atoms. The van der Waals surface area contributed by atoms with E-state index in [0.717, 1.165) is 0 Å². The quantitative estimate of drug-likeness (QED) is 0.603. The number of hydrogen-bond acceptors (Lipinski definition) is 7. The van der Waals surface area contributed by atoms with Gasteiger partial charge in [-0.3, -0.25) is 4.79 Å². The van der Waals surface area contributed by atoms with Crippen LogP contribution in [0.5, 0.6) is 5.75 Å². The maximum Gasteiger partial charge on any atom is 0.243 e. The van der Waals surface area contributed by atoms with Gasteiger partial charge in [0, 0.05) is 26.2 Å². The average molecular weight is 493 g/mol. The first-order valence-electron chi connectivity index (χ1n) is 10.0. The molecule has 1 fully saturated rings. The van der Waals surface area contributed by atoms with Gasteiger partial charge in [-0.05, 0) is 55.5 Å². The third kappa shape index (κ3) is 5.51. The molecule has 2 aromatic carbocycles. The number of carbonyl (C=O) groups excluding carboxylic acids is 1. The van der Waals surface area contributed by atoms with Gasteiger partial charge in [-0.25, -0.2) is 16.8 Å². The zero-order valence-electron chi connectivity index (χ0n) is 18.1. The predicted molar refractivity (Wildman–Crippen MR) is 119 cm³/mol. The molecule has 1 atom stereocenters. The van der Waals surface area contributed by atoms with Gasteiger partial charge >= 0.3 is 0 Å². The van der Waals surface area contributed by atoms with Crippen molar-refractivity contribution >= 4 is 26.0 Å². The number of nitrogens with zero attached hydrogens (tertiary/aromatic N) is 3. The number of carbonyl (C=O) groups is 1. The second kappa shape index (κ2) is 9.88. The topological polar surface area (TPSA) is 137 Å². The molecule has 1 aliphatic rings. The summed E-state index contributed by atoms with van der Waals surface area (Å²) in [6, 6.07) is 12.3. The summed E-state index contributed by atoms with van der Waals surface area (Å²) >= 11 is 0. The lowest BCUT2D eigenvalue weighted by Crippen LogP contribution is -2.55. The second-order valence-electron chi connectivity index (χ2n) is 7.38. The van der Waals surface area contributed by atoms with E-state index < -0.39 is 32.0 Å². The lowest BCUT2D eigenvalue weighted by molar-refractivity contribution is -0.133. The molecule has 1 aliphatic heterocycles. The van der Waals surface area contributed by atoms with Gasteiger partial charge in [0.1, 0.15) is 5.75 Å². The lowest BCUT2D eigenvalue weighted by Gasteiger charge is -2.35. The molecule has 10 nitrogen and oxygen atoms in total. The van der Waals surface area contributed by atoms with Crippen molar-refractivity contribution in [2.75, 3.05) is 33.3 Å². The molecule has 0 aliphatic carbocycles. The Kier molecular flexibility index (Phi) is 7.38. The Morgan fingerprint density at radius 3 is 2.03 bits per heavy atom. The van der Waals surface area contributed by atoms with Gasteiger partial charge in [0.25, 0.3) is 0 Å². The minimum atomic E-state index is -3.93. The van der Waals surface area contributed by atoms with Gasteiger partial charge in [-0.15, -0.1) is 0 Å². The molecular weight excluding hydrogens is 468 g/mol. The van der Waals surface area contributed by atoms with Crippen molar-refractivity contribution in [3.8, 4) is 11.8 Å². The Morgan fingerprint density at radius 1 is 0.970 bits per heavy atom. The van der Waals surface area contributed by atoms with Crippen LogP contribution in [0, 0.1) is 11.3 Å². The number of nitriles is 1. The molecule has 1 saturated heterocycles. The molecular formula is C21H24N4O6S2. The van der Waals surface area contributed by atoms with Gasteiger partial charge < -0.3 is 9.64 Å².